The van der Waals surface area contributed by atoms with Gasteiger partial charge in [0.25, 0.3) is 5.91 Å². The zero-order valence-electron chi connectivity index (χ0n) is 13.8. The lowest BCUT2D eigenvalue weighted by molar-refractivity contribution is -0.113. The molecule has 124 valence electrons. The monoisotopic (exact) mass is 341 g/mol. The van der Waals surface area contributed by atoms with E-state index in [1.165, 1.54) is 0 Å². The molecular weight excluding hydrogens is 322 g/mol. The number of nitrogens with one attached hydrogen (secondary N) is 3. The largest absolute Gasteiger partial charge is 0.351 e. The second-order valence-corrected chi connectivity index (χ2v) is 6.11. The summed E-state index contributed by atoms with van der Waals surface area (Å²) in [6.07, 6.45) is 1.77. The molecule has 0 fully saturated rings. The van der Waals surface area contributed by atoms with Crippen LogP contribution in [0.4, 0.5) is 5.69 Å². The van der Waals surface area contributed by atoms with Gasteiger partial charge in [0, 0.05) is 29.7 Å². The second kappa shape index (κ2) is 6.45. The average molecular weight is 341 g/mol. The average Bonchev–Trinajstić information content (AvgIpc) is 2.87. The minimum Gasteiger partial charge on any atom is -0.351 e. The lowest BCUT2D eigenvalue weighted by Gasteiger charge is -2.30. The Morgan fingerprint density at radius 1 is 1.29 bits per heavy atom. The van der Waals surface area contributed by atoms with Crippen LogP contribution in [-0.2, 0) is 11.8 Å². The number of allylic oxidation sites excluding steroid dienone is 1. The van der Waals surface area contributed by atoms with Crippen LogP contribution in [0.1, 0.15) is 24.2 Å². The summed E-state index contributed by atoms with van der Waals surface area (Å²) in [7, 11) is 1.87. The van der Waals surface area contributed by atoms with E-state index < -0.39 is 0 Å². The fourth-order valence-electron chi connectivity index (χ4n) is 2.75. The predicted octanol–water partition coefficient (Wildman–Crippen LogP) is 2.16. The number of thiocarbonyl (C=S) groups is 1. The van der Waals surface area contributed by atoms with Crippen molar-refractivity contribution in [3.8, 4) is 0 Å². The summed E-state index contributed by atoms with van der Waals surface area (Å²) in [5.74, 6) is -0.172. The van der Waals surface area contributed by atoms with Crippen molar-refractivity contribution in [2.75, 3.05) is 5.32 Å². The molecule has 0 spiro atoms. The summed E-state index contributed by atoms with van der Waals surface area (Å²) >= 11 is 5.26. The Morgan fingerprint density at radius 2 is 2.00 bits per heavy atom. The summed E-state index contributed by atoms with van der Waals surface area (Å²) in [5.41, 5.74) is 4.00. The van der Waals surface area contributed by atoms with Gasteiger partial charge in [0.15, 0.2) is 5.11 Å². The Morgan fingerprint density at radius 3 is 2.62 bits per heavy atom. The van der Waals surface area contributed by atoms with Crippen LogP contribution >= 0.6 is 12.2 Å². The number of rotatable bonds is 3. The maximum absolute atomic E-state index is 12.9. The van der Waals surface area contributed by atoms with Gasteiger partial charge in [0.2, 0.25) is 0 Å². The topological polar surface area (TPSA) is 71.0 Å². The molecule has 0 saturated carbocycles. The third-order valence-electron chi connectivity index (χ3n) is 4.13. The molecule has 2 aromatic rings. The Kier molecular flexibility index (Phi) is 4.35. The van der Waals surface area contributed by atoms with E-state index in [0.717, 1.165) is 22.6 Å². The Hall–Kier alpha value is -2.67. The molecule has 3 N–H and O–H groups in total. The van der Waals surface area contributed by atoms with Crippen molar-refractivity contribution in [2.45, 2.75) is 19.9 Å². The first-order valence-corrected chi connectivity index (χ1v) is 8.01. The van der Waals surface area contributed by atoms with Crippen molar-refractivity contribution in [1.29, 1.82) is 0 Å². The van der Waals surface area contributed by atoms with Gasteiger partial charge in [-0.1, -0.05) is 18.2 Å². The SMILES string of the molecule is CC1=C(C(=O)Nc2ccccc2)[C@@H](c2cnn(C)c2C)NC(=S)N1. The number of carbonyl (C=O) groups excluding carboxylic acids is 1. The maximum Gasteiger partial charge on any atom is 0.255 e. The minimum atomic E-state index is -0.337. The Balaban J connectivity index is 1.98. The number of amides is 1. The first-order chi connectivity index (χ1) is 11.5. The van der Waals surface area contributed by atoms with Crippen molar-refractivity contribution in [1.82, 2.24) is 20.4 Å². The Bertz CT molecular complexity index is 825. The van der Waals surface area contributed by atoms with Gasteiger partial charge in [-0.2, -0.15) is 5.10 Å². The van der Waals surface area contributed by atoms with E-state index in [2.05, 4.69) is 21.0 Å². The van der Waals surface area contributed by atoms with Crippen molar-refractivity contribution < 1.29 is 4.79 Å². The lowest BCUT2D eigenvalue weighted by atomic mass is 9.95. The van der Waals surface area contributed by atoms with Crippen molar-refractivity contribution in [3.05, 3.63) is 59.1 Å². The molecule has 3 rings (SSSR count). The fourth-order valence-corrected chi connectivity index (χ4v) is 3.02. The van der Waals surface area contributed by atoms with E-state index in [0.29, 0.717) is 10.7 Å². The maximum atomic E-state index is 12.9. The number of nitrogens with zero attached hydrogens (tertiary/aromatic N) is 2. The van der Waals surface area contributed by atoms with Crippen LogP contribution in [0.5, 0.6) is 0 Å². The van der Waals surface area contributed by atoms with Crippen molar-refractivity contribution in [2.24, 2.45) is 7.05 Å². The van der Waals surface area contributed by atoms with Crippen LogP contribution in [0.2, 0.25) is 0 Å². The van der Waals surface area contributed by atoms with Gasteiger partial charge in [0.1, 0.15) is 0 Å². The number of hydrogen-bond donors (Lipinski definition) is 3. The standard InChI is InChI=1S/C17H19N5OS/c1-10-14(16(23)20-12-7-5-4-6-8-12)15(21-17(24)19-10)13-9-18-22(3)11(13)2/h4-9,15H,1-3H3,(H,20,23)(H2,19,21,24)/t15-/m1/s1. The van der Waals surface area contributed by atoms with Crippen LogP contribution in [0.15, 0.2) is 47.8 Å². The van der Waals surface area contributed by atoms with Crippen LogP contribution in [-0.4, -0.2) is 20.8 Å². The molecule has 0 radical (unpaired) electrons. The molecule has 6 nitrogen and oxygen atoms in total. The molecule has 1 atom stereocenters. The van der Waals surface area contributed by atoms with Crippen molar-refractivity contribution in [3.63, 3.8) is 0 Å². The first-order valence-electron chi connectivity index (χ1n) is 7.60. The molecular formula is C17H19N5OS. The van der Waals surface area contributed by atoms with E-state index in [1.54, 1.807) is 10.9 Å². The van der Waals surface area contributed by atoms with Gasteiger partial charge in [-0.3, -0.25) is 9.48 Å². The number of aromatic nitrogens is 2. The summed E-state index contributed by atoms with van der Waals surface area (Å²) < 4.78 is 1.78. The summed E-state index contributed by atoms with van der Waals surface area (Å²) in [6, 6.07) is 9.04. The van der Waals surface area contributed by atoms with Crippen molar-refractivity contribution >= 4 is 28.9 Å². The molecule has 1 amide bonds. The fraction of sp³-hybridized carbons (Fsp3) is 0.235. The van der Waals surface area contributed by atoms with Crippen LogP contribution in [0.3, 0.4) is 0 Å². The van der Waals surface area contributed by atoms with E-state index in [1.807, 2.05) is 51.2 Å². The van der Waals surface area contributed by atoms with Gasteiger partial charge >= 0.3 is 0 Å². The van der Waals surface area contributed by atoms with Gasteiger partial charge in [-0.05, 0) is 38.2 Å². The molecule has 24 heavy (non-hydrogen) atoms. The Labute approximate surface area is 145 Å². The molecule has 1 aromatic carbocycles. The number of aryl methyl sites for hydroxylation is 1. The summed E-state index contributed by atoms with van der Waals surface area (Å²) in [6.45, 7) is 3.82. The highest BCUT2D eigenvalue weighted by Gasteiger charge is 2.31. The molecule has 0 saturated heterocycles. The molecule has 2 heterocycles. The highest BCUT2D eigenvalue weighted by molar-refractivity contribution is 7.80. The van der Waals surface area contributed by atoms with Crippen LogP contribution < -0.4 is 16.0 Å². The molecule has 0 bridgehead atoms. The van der Waals surface area contributed by atoms with Crippen LogP contribution in [0.25, 0.3) is 0 Å². The third-order valence-corrected chi connectivity index (χ3v) is 4.35. The smallest absolute Gasteiger partial charge is 0.255 e. The van der Waals surface area contributed by atoms with E-state index in [9.17, 15) is 4.79 Å². The number of carbonyl (C=O) groups is 1. The summed E-state index contributed by atoms with van der Waals surface area (Å²) in [4.78, 5) is 12.9. The molecule has 0 unspecified atom stereocenters. The van der Waals surface area contributed by atoms with Gasteiger partial charge < -0.3 is 16.0 Å². The van der Waals surface area contributed by atoms with E-state index in [4.69, 9.17) is 12.2 Å². The zero-order chi connectivity index (χ0) is 17.3. The van der Waals surface area contributed by atoms with Gasteiger partial charge in [0.05, 0.1) is 17.8 Å². The van der Waals surface area contributed by atoms with E-state index in [-0.39, 0.29) is 11.9 Å². The number of benzene rings is 1. The second-order valence-electron chi connectivity index (χ2n) is 5.70. The minimum absolute atomic E-state index is 0.172. The number of para-hydroxylation sites is 1. The van der Waals surface area contributed by atoms with Gasteiger partial charge in [-0.15, -0.1) is 0 Å². The molecule has 1 aliphatic heterocycles. The lowest BCUT2D eigenvalue weighted by Crippen LogP contribution is -2.45. The predicted molar refractivity (Wildman–Crippen MR) is 97.3 cm³/mol. The highest BCUT2D eigenvalue weighted by Crippen LogP contribution is 2.29. The first kappa shape index (κ1) is 16.2. The number of hydrogen-bond acceptors (Lipinski definition) is 3. The molecule has 7 heteroatoms. The third kappa shape index (κ3) is 3.03. The summed E-state index contributed by atoms with van der Waals surface area (Å²) in [5, 5.41) is 13.9. The van der Waals surface area contributed by atoms with Gasteiger partial charge in [-0.25, -0.2) is 0 Å². The molecule has 0 aliphatic carbocycles. The quantitative estimate of drug-likeness (QED) is 0.747. The molecule has 1 aliphatic rings. The van der Waals surface area contributed by atoms with Crippen LogP contribution in [0, 0.1) is 6.92 Å². The highest BCUT2D eigenvalue weighted by atomic mass is 32.1. The molecule has 1 aromatic heterocycles. The zero-order valence-corrected chi connectivity index (χ0v) is 14.6. The number of anilines is 1. The van der Waals surface area contributed by atoms with E-state index >= 15 is 0 Å². The normalized spacial score (nSPS) is 17.3.